The average molecular weight is 489 g/mol. The van der Waals surface area contributed by atoms with Crippen LogP contribution >= 0.6 is 22.9 Å². The first-order valence-electron chi connectivity index (χ1n) is 10.7. The van der Waals surface area contributed by atoms with E-state index in [1.807, 2.05) is 37.3 Å². The van der Waals surface area contributed by atoms with Gasteiger partial charge in [-0.15, -0.1) is 0 Å². The van der Waals surface area contributed by atoms with E-state index in [2.05, 4.69) is 0 Å². The molecule has 0 unspecified atom stereocenters. The van der Waals surface area contributed by atoms with Crippen molar-refractivity contribution in [2.45, 2.75) is 13.0 Å². The number of anilines is 1. The zero-order chi connectivity index (χ0) is 23.4. The molecule has 0 aliphatic carbocycles. The first-order valence-corrected chi connectivity index (χ1v) is 11.9. The summed E-state index contributed by atoms with van der Waals surface area (Å²) in [4.78, 5) is 33.5. The topological polar surface area (TPSA) is 72.6 Å². The molecular formula is C26H17ClN2O4S. The second kappa shape index (κ2) is 7.97. The Hall–Kier alpha value is -3.68. The maximum absolute atomic E-state index is 13.7. The number of benzene rings is 3. The molecule has 0 bridgehead atoms. The van der Waals surface area contributed by atoms with Gasteiger partial charge in [0.1, 0.15) is 11.3 Å². The molecule has 8 heteroatoms. The molecule has 6 rings (SSSR count). The first kappa shape index (κ1) is 20.9. The van der Waals surface area contributed by atoms with E-state index in [0.717, 1.165) is 21.5 Å². The average Bonchev–Trinajstić information content (AvgIpc) is 3.38. The van der Waals surface area contributed by atoms with Crippen LogP contribution in [0, 0.1) is 0 Å². The van der Waals surface area contributed by atoms with Gasteiger partial charge in [-0.25, -0.2) is 4.98 Å². The zero-order valence-corrected chi connectivity index (χ0v) is 19.5. The number of nitrogens with zero attached hydrogens (tertiary/aromatic N) is 2. The molecule has 3 aromatic carbocycles. The van der Waals surface area contributed by atoms with Crippen LogP contribution in [0.25, 0.3) is 21.2 Å². The summed E-state index contributed by atoms with van der Waals surface area (Å²) >= 11 is 7.49. The van der Waals surface area contributed by atoms with Crippen LogP contribution < -0.4 is 15.1 Å². The predicted octanol–water partition coefficient (Wildman–Crippen LogP) is 6.20. The number of fused-ring (bicyclic) bond motifs is 3. The van der Waals surface area contributed by atoms with E-state index in [9.17, 15) is 9.59 Å². The molecule has 0 saturated carbocycles. The van der Waals surface area contributed by atoms with Gasteiger partial charge in [-0.2, -0.15) is 0 Å². The number of rotatable bonds is 4. The summed E-state index contributed by atoms with van der Waals surface area (Å²) in [5.41, 5.74) is 1.94. The molecule has 1 aliphatic rings. The smallest absolute Gasteiger partial charge is 0.297 e. The summed E-state index contributed by atoms with van der Waals surface area (Å²) in [5, 5.41) is 1.47. The maximum Gasteiger partial charge on any atom is 0.297 e. The van der Waals surface area contributed by atoms with E-state index in [1.165, 1.54) is 11.3 Å². The standard InChI is InChI=1S/C26H17ClN2O4S/c1-2-32-16-11-12-18-20(13-16)34-26(28-18)29-22(14-7-9-15(27)10-8-14)21-23(30)17-5-3-4-6-19(17)33-24(21)25(29)31/h3-13,22H,2H2,1H3/t22-/m0/s1. The van der Waals surface area contributed by atoms with E-state index < -0.39 is 11.9 Å². The summed E-state index contributed by atoms with van der Waals surface area (Å²) in [7, 11) is 0. The fourth-order valence-electron chi connectivity index (χ4n) is 4.33. The summed E-state index contributed by atoms with van der Waals surface area (Å²) in [5.74, 6) is 0.374. The summed E-state index contributed by atoms with van der Waals surface area (Å²) in [6.45, 7) is 2.48. The Labute approximate surface area is 203 Å². The Morgan fingerprint density at radius 1 is 1.09 bits per heavy atom. The van der Waals surface area contributed by atoms with Crippen molar-refractivity contribution in [3.8, 4) is 5.75 Å². The lowest BCUT2D eigenvalue weighted by molar-refractivity contribution is 0.0971. The Balaban J connectivity index is 1.58. The normalized spacial score (nSPS) is 15.3. The van der Waals surface area contributed by atoms with Gasteiger partial charge in [0, 0.05) is 5.02 Å². The maximum atomic E-state index is 13.7. The van der Waals surface area contributed by atoms with Crippen molar-refractivity contribution in [3.05, 3.63) is 98.9 Å². The highest BCUT2D eigenvalue weighted by Crippen LogP contribution is 2.44. The molecule has 6 nitrogen and oxygen atoms in total. The van der Waals surface area contributed by atoms with Crippen LogP contribution in [0.3, 0.4) is 0 Å². The first-order chi connectivity index (χ1) is 16.5. The molecule has 0 fully saturated rings. The van der Waals surface area contributed by atoms with Crippen molar-refractivity contribution in [2.75, 3.05) is 11.5 Å². The molecule has 34 heavy (non-hydrogen) atoms. The number of carbonyl (C=O) groups is 1. The monoisotopic (exact) mass is 488 g/mol. The second-order valence-corrected chi connectivity index (χ2v) is 9.30. The quantitative estimate of drug-likeness (QED) is 0.301. The zero-order valence-electron chi connectivity index (χ0n) is 17.9. The summed E-state index contributed by atoms with van der Waals surface area (Å²) in [6.07, 6.45) is 0. The molecule has 0 spiro atoms. The largest absolute Gasteiger partial charge is 0.494 e. The van der Waals surface area contributed by atoms with E-state index in [0.29, 0.717) is 33.3 Å². The Kier molecular flexibility index (Phi) is 4.90. The minimum absolute atomic E-state index is 0.0397. The van der Waals surface area contributed by atoms with Gasteiger partial charge < -0.3 is 9.15 Å². The Bertz CT molecular complexity index is 1640. The lowest BCUT2D eigenvalue weighted by Crippen LogP contribution is -2.29. The van der Waals surface area contributed by atoms with Gasteiger partial charge in [-0.1, -0.05) is 47.2 Å². The highest BCUT2D eigenvalue weighted by Gasteiger charge is 2.45. The van der Waals surface area contributed by atoms with Gasteiger partial charge in [0.2, 0.25) is 5.76 Å². The molecule has 1 atom stereocenters. The summed E-state index contributed by atoms with van der Waals surface area (Å²) in [6, 6.07) is 19.0. The summed E-state index contributed by atoms with van der Waals surface area (Å²) < 4.78 is 12.5. The van der Waals surface area contributed by atoms with Crippen molar-refractivity contribution in [1.82, 2.24) is 4.98 Å². The number of thiazole rings is 1. The van der Waals surface area contributed by atoms with Crippen molar-refractivity contribution in [2.24, 2.45) is 0 Å². The molecule has 0 radical (unpaired) electrons. The third-order valence-electron chi connectivity index (χ3n) is 5.83. The third kappa shape index (κ3) is 3.20. The number of hydrogen-bond donors (Lipinski definition) is 0. The van der Waals surface area contributed by atoms with Crippen molar-refractivity contribution < 1.29 is 13.9 Å². The van der Waals surface area contributed by atoms with Gasteiger partial charge >= 0.3 is 0 Å². The van der Waals surface area contributed by atoms with E-state index >= 15 is 0 Å². The van der Waals surface area contributed by atoms with Crippen molar-refractivity contribution >= 4 is 55.2 Å². The molecular weight excluding hydrogens is 472 g/mol. The van der Waals surface area contributed by atoms with Crippen LogP contribution in [0.1, 0.15) is 34.6 Å². The number of carbonyl (C=O) groups excluding carboxylic acids is 1. The Morgan fingerprint density at radius 2 is 1.88 bits per heavy atom. The van der Waals surface area contributed by atoms with E-state index in [-0.39, 0.29) is 11.2 Å². The molecule has 0 N–H and O–H groups in total. The fraction of sp³-hybridized carbons (Fsp3) is 0.115. The number of hydrogen-bond acceptors (Lipinski definition) is 6. The molecule has 2 aromatic heterocycles. The minimum atomic E-state index is -0.687. The van der Waals surface area contributed by atoms with Crippen LogP contribution in [0.5, 0.6) is 5.75 Å². The number of aromatic nitrogens is 1. The van der Waals surface area contributed by atoms with Crippen molar-refractivity contribution in [3.63, 3.8) is 0 Å². The Morgan fingerprint density at radius 3 is 2.68 bits per heavy atom. The number of ether oxygens (including phenoxy) is 1. The molecule has 0 saturated heterocycles. The van der Waals surface area contributed by atoms with Crippen LogP contribution in [-0.2, 0) is 0 Å². The minimum Gasteiger partial charge on any atom is -0.494 e. The number of halogens is 1. The fourth-order valence-corrected chi connectivity index (χ4v) is 5.48. The lowest BCUT2D eigenvalue weighted by Gasteiger charge is -2.22. The highest BCUT2D eigenvalue weighted by atomic mass is 35.5. The SMILES string of the molecule is CCOc1ccc2nc(N3C(=O)c4oc5ccccc5c(=O)c4[C@@H]3c3ccc(Cl)cc3)sc2c1. The molecule has 3 heterocycles. The molecule has 168 valence electrons. The van der Waals surface area contributed by atoms with Crippen molar-refractivity contribution in [1.29, 1.82) is 0 Å². The molecule has 1 amide bonds. The van der Waals surface area contributed by atoms with Crippen LogP contribution in [-0.4, -0.2) is 17.5 Å². The van der Waals surface area contributed by atoms with Gasteiger partial charge in [-0.05, 0) is 55.0 Å². The van der Waals surface area contributed by atoms with Crippen LogP contribution in [0.15, 0.2) is 75.9 Å². The van der Waals surface area contributed by atoms with Crippen LogP contribution in [0.2, 0.25) is 5.02 Å². The second-order valence-electron chi connectivity index (χ2n) is 7.86. The van der Waals surface area contributed by atoms with E-state index in [1.54, 1.807) is 41.3 Å². The van der Waals surface area contributed by atoms with Crippen LogP contribution in [0.4, 0.5) is 5.13 Å². The highest BCUT2D eigenvalue weighted by molar-refractivity contribution is 7.22. The number of para-hydroxylation sites is 1. The molecule has 1 aliphatic heterocycles. The van der Waals surface area contributed by atoms with E-state index in [4.69, 9.17) is 25.7 Å². The number of amides is 1. The lowest BCUT2D eigenvalue weighted by atomic mass is 9.99. The third-order valence-corrected chi connectivity index (χ3v) is 7.10. The van der Waals surface area contributed by atoms with Gasteiger partial charge in [0.15, 0.2) is 10.6 Å². The van der Waals surface area contributed by atoms with Gasteiger partial charge in [0.05, 0.1) is 33.8 Å². The predicted molar refractivity (Wildman–Crippen MR) is 133 cm³/mol. The van der Waals surface area contributed by atoms with Gasteiger partial charge in [0.25, 0.3) is 5.91 Å². The molecule has 5 aromatic rings. The van der Waals surface area contributed by atoms with Gasteiger partial charge in [-0.3, -0.25) is 14.5 Å².